The van der Waals surface area contributed by atoms with Crippen LogP contribution < -0.4 is 0 Å². The topological polar surface area (TPSA) is 93.3 Å². The third-order valence-corrected chi connectivity index (χ3v) is 1.34. The fourth-order valence-corrected chi connectivity index (χ4v) is 0.836. The Hall–Kier alpha value is -2.05. The third-order valence-electron chi connectivity index (χ3n) is 1.34. The number of aromatic carboxylic acids is 1. The predicted molar refractivity (Wildman–Crippen MR) is 35.5 cm³/mol. The maximum atomic E-state index is 10.5. The van der Waals surface area contributed by atoms with E-state index in [0.29, 0.717) is 0 Å². The normalized spacial score (nSPS) is 10.3. The van der Waals surface area contributed by atoms with Crippen molar-refractivity contribution in [2.24, 2.45) is 0 Å². The van der Waals surface area contributed by atoms with Crippen LogP contribution in [0.4, 0.5) is 0 Å². The first-order valence-electron chi connectivity index (χ1n) is 3.03. The number of imidazole rings is 1. The van der Waals surface area contributed by atoms with Gasteiger partial charge in [0.2, 0.25) is 0 Å². The molecule has 2 aromatic heterocycles. The molecule has 0 amide bonds. The third kappa shape index (κ3) is 0.797. The lowest BCUT2D eigenvalue weighted by atomic mass is 10.5. The molecule has 1 N–H and O–H groups in total. The quantitative estimate of drug-likeness (QED) is 0.595. The molecule has 0 saturated carbocycles. The molecule has 7 nitrogen and oxygen atoms in total. The largest absolute Gasteiger partial charge is 0.476 e. The summed E-state index contributed by atoms with van der Waals surface area (Å²) in [4.78, 5) is 14.1. The molecule has 0 atom stereocenters. The van der Waals surface area contributed by atoms with Crippen LogP contribution in [0.2, 0.25) is 0 Å². The molecule has 12 heavy (non-hydrogen) atoms. The van der Waals surface area contributed by atoms with E-state index in [2.05, 4.69) is 20.4 Å². The molecule has 0 radical (unpaired) electrons. The maximum Gasteiger partial charge on any atom is 0.358 e. The van der Waals surface area contributed by atoms with Gasteiger partial charge in [-0.3, -0.25) is 4.40 Å². The lowest BCUT2D eigenvalue weighted by Gasteiger charge is -1.87. The number of hydrogen-bond acceptors (Lipinski definition) is 5. The van der Waals surface area contributed by atoms with Crippen molar-refractivity contribution in [1.29, 1.82) is 0 Å². The molecule has 0 aliphatic carbocycles. The molecule has 0 spiro atoms. The van der Waals surface area contributed by atoms with E-state index in [-0.39, 0.29) is 11.3 Å². The van der Waals surface area contributed by atoms with Gasteiger partial charge in [-0.05, 0) is 5.21 Å². The van der Waals surface area contributed by atoms with Gasteiger partial charge < -0.3 is 5.11 Å². The van der Waals surface area contributed by atoms with E-state index in [1.165, 1.54) is 17.1 Å². The van der Waals surface area contributed by atoms with Gasteiger partial charge in [0.25, 0.3) is 0 Å². The molecule has 2 aromatic rings. The summed E-state index contributed by atoms with van der Waals surface area (Å²) < 4.78 is 1.39. The number of carbonyl (C=O) groups is 1. The van der Waals surface area contributed by atoms with Crippen molar-refractivity contribution >= 4 is 11.6 Å². The molecule has 0 aliphatic heterocycles. The standard InChI is InChI=1S/C5H3N5O2/c11-5(12)3-4-8-9-7-2-10(4)1-6-3/h1-2H,(H,11,12). The number of aromatic nitrogens is 5. The van der Waals surface area contributed by atoms with E-state index in [4.69, 9.17) is 5.11 Å². The van der Waals surface area contributed by atoms with E-state index >= 15 is 0 Å². The molecule has 2 heterocycles. The SMILES string of the molecule is O=C(O)c1ncn2cnnnc12. The Morgan fingerprint density at radius 3 is 3.08 bits per heavy atom. The summed E-state index contributed by atoms with van der Waals surface area (Å²) in [5.74, 6) is -1.13. The van der Waals surface area contributed by atoms with Crippen molar-refractivity contribution in [3.05, 3.63) is 18.3 Å². The number of hydrogen-bond donors (Lipinski definition) is 1. The molecular formula is C5H3N5O2. The lowest BCUT2D eigenvalue weighted by Crippen LogP contribution is -2.00. The highest BCUT2D eigenvalue weighted by molar-refractivity contribution is 5.91. The van der Waals surface area contributed by atoms with Crippen LogP contribution in [0.25, 0.3) is 5.65 Å². The van der Waals surface area contributed by atoms with Crippen LogP contribution in [-0.4, -0.2) is 35.9 Å². The number of nitrogens with zero attached hydrogens (tertiary/aromatic N) is 5. The molecule has 2 rings (SSSR count). The van der Waals surface area contributed by atoms with Gasteiger partial charge in [0.15, 0.2) is 11.3 Å². The summed E-state index contributed by atoms with van der Waals surface area (Å²) in [6.07, 6.45) is 2.66. The van der Waals surface area contributed by atoms with E-state index in [1.807, 2.05) is 0 Å². The molecule has 60 valence electrons. The second-order valence-electron chi connectivity index (χ2n) is 2.05. The van der Waals surface area contributed by atoms with Crippen molar-refractivity contribution in [1.82, 2.24) is 24.8 Å². The van der Waals surface area contributed by atoms with Crippen LogP contribution in [0.3, 0.4) is 0 Å². The molecule has 0 unspecified atom stereocenters. The zero-order valence-electron chi connectivity index (χ0n) is 5.75. The van der Waals surface area contributed by atoms with E-state index in [0.717, 1.165) is 0 Å². The summed E-state index contributed by atoms with van der Waals surface area (Å²) in [5.41, 5.74) is 0.0717. The fourth-order valence-electron chi connectivity index (χ4n) is 0.836. The minimum Gasteiger partial charge on any atom is -0.476 e. The first-order chi connectivity index (χ1) is 5.79. The Morgan fingerprint density at radius 1 is 1.50 bits per heavy atom. The maximum absolute atomic E-state index is 10.5. The van der Waals surface area contributed by atoms with E-state index < -0.39 is 5.97 Å². The van der Waals surface area contributed by atoms with Crippen molar-refractivity contribution in [2.45, 2.75) is 0 Å². The monoisotopic (exact) mass is 165 g/mol. The van der Waals surface area contributed by atoms with Gasteiger partial charge in [-0.2, -0.15) is 0 Å². The van der Waals surface area contributed by atoms with Gasteiger partial charge >= 0.3 is 5.97 Å². The highest BCUT2D eigenvalue weighted by Gasteiger charge is 2.12. The van der Waals surface area contributed by atoms with Crippen molar-refractivity contribution in [3.63, 3.8) is 0 Å². The Kier molecular flexibility index (Phi) is 1.23. The molecule has 0 fully saturated rings. The lowest BCUT2D eigenvalue weighted by molar-refractivity contribution is 0.0693. The van der Waals surface area contributed by atoms with Crippen LogP contribution in [0.15, 0.2) is 12.7 Å². The highest BCUT2D eigenvalue weighted by atomic mass is 16.4. The molecule has 0 bridgehead atoms. The number of carboxylic acid groups (broad SMARTS) is 1. The molecule has 7 heteroatoms. The predicted octanol–water partition coefficient (Wildman–Crippen LogP) is -0.783. The van der Waals surface area contributed by atoms with Gasteiger partial charge in [-0.15, -0.1) is 10.2 Å². The van der Waals surface area contributed by atoms with Gasteiger partial charge in [-0.25, -0.2) is 9.78 Å². The zero-order chi connectivity index (χ0) is 8.55. The van der Waals surface area contributed by atoms with E-state index in [9.17, 15) is 4.79 Å². The Morgan fingerprint density at radius 2 is 2.33 bits per heavy atom. The number of carboxylic acids is 1. The van der Waals surface area contributed by atoms with Crippen molar-refractivity contribution in [3.8, 4) is 0 Å². The molecular weight excluding hydrogens is 162 g/mol. The minimum atomic E-state index is -1.13. The molecule has 0 aliphatic rings. The van der Waals surface area contributed by atoms with Crippen LogP contribution >= 0.6 is 0 Å². The summed E-state index contributed by atoms with van der Waals surface area (Å²) in [5, 5.41) is 18.9. The average molecular weight is 165 g/mol. The second-order valence-corrected chi connectivity index (χ2v) is 2.05. The van der Waals surface area contributed by atoms with Gasteiger partial charge in [-0.1, -0.05) is 0 Å². The minimum absolute atomic E-state index is 0.120. The van der Waals surface area contributed by atoms with Gasteiger partial charge in [0.05, 0.1) is 0 Å². The Balaban J connectivity index is 2.79. The van der Waals surface area contributed by atoms with Crippen LogP contribution in [0, 0.1) is 0 Å². The smallest absolute Gasteiger partial charge is 0.358 e. The summed E-state index contributed by atoms with van der Waals surface area (Å²) in [6, 6.07) is 0. The van der Waals surface area contributed by atoms with Crippen molar-refractivity contribution < 1.29 is 9.90 Å². The first-order valence-corrected chi connectivity index (χ1v) is 3.03. The number of fused-ring (bicyclic) bond motifs is 1. The number of rotatable bonds is 1. The fraction of sp³-hybridized carbons (Fsp3) is 0. The van der Waals surface area contributed by atoms with Crippen LogP contribution in [0.1, 0.15) is 10.5 Å². The second kappa shape index (κ2) is 2.22. The highest BCUT2D eigenvalue weighted by Crippen LogP contribution is 2.02. The average Bonchev–Trinajstić information content (AvgIpc) is 2.47. The molecule has 0 aromatic carbocycles. The molecule has 0 saturated heterocycles. The van der Waals surface area contributed by atoms with Crippen LogP contribution in [-0.2, 0) is 0 Å². The zero-order valence-corrected chi connectivity index (χ0v) is 5.75. The summed E-state index contributed by atoms with van der Waals surface area (Å²) >= 11 is 0. The Labute approximate surface area is 65.7 Å². The van der Waals surface area contributed by atoms with Gasteiger partial charge in [0.1, 0.15) is 12.7 Å². The van der Waals surface area contributed by atoms with E-state index in [1.54, 1.807) is 0 Å². The Bertz CT molecular complexity index is 436. The van der Waals surface area contributed by atoms with Gasteiger partial charge in [0, 0.05) is 0 Å². The van der Waals surface area contributed by atoms with Crippen LogP contribution in [0.5, 0.6) is 0 Å². The van der Waals surface area contributed by atoms with Crippen molar-refractivity contribution in [2.75, 3.05) is 0 Å². The summed E-state index contributed by atoms with van der Waals surface area (Å²) in [7, 11) is 0. The summed E-state index contributed by atoms with van der Waals surface area (Å²) in [6.45, 7) is 0. The first kappa shape index (κ1) is 6.65.